The lowest BCUT2D eigenvalue weighted by Crippen LogP contribution is -2.27. The van der Waals surface area contributed by atoms with Gasteiger partial charge in [0.2, 0.25) is 0 Å². The van der Waals surface area contributed by atoms with Crippen molar-refractivity contribution in [1.29, 1.82) is 0 Å². The Balaban J connectivity index is 1.89. The van der Waals surface area contributed by atoms with Gasteiger partial charge in [0, 0.05) is 11.8 Å². The predicted octanol–water partition coefficient (Wildman–Crippen LogP) is 3.43. The molecule has 0 aliphatic heterocycles. The van der Waals surface area contributed by atoms with Gasteiger partial charge in [-0.25, -0.2) is 0 Å². The first-order valence-electron chi connectivity index (χ1n) is 6.22. The topological polar surface area (TPSA) is 17.1 Å². The highest BCUT2D eigenvalue weighted by Gasteiger charge is 2.36. The number of ketones is 1. The predicted molar refractivity (Wildman–Crippen MR) is 58.0 cm³/mol. The van der Waals surface area contributed by atoms with Crippen LogP contribution in [-0.2, 0) is 4.79 Å². The minimum Gasteiger partial charge on any atom is -0.299 e. The maximum atomic E-state index is 12.1. The van der Waals surface area contributed by atoms with E-state index in [0.717, 1.165) is 18.3 Å². The Morgan fingerprint density at radius 3 is 2.50 bits per heavy atom. The van der Waals surface area contributed by atoms with Gasteiger partial charge in [-0.2, -0.15) is 0 Å². The lowest BCUT2D eigenvalue weighted by Gasteiger charge is -2.27. The Morgan fingerprint density at radius 1 is 1.21 bits per heavy atom. The van der Waals surface area contributed by atoms with E-state index in [1.807, 2.05) is 0 Å². The van der Waals surface area contributed by atoms with Crippen molar-refractivity contribution in [1.82, 2.24) is 0 Å². The summed E-state index contributed by atoms with van der Waals surface area (Å²) in [7, 11) is 0. The van der Waals surface area contributed by atoms with Crippen molar-refractivity contribution in [2.75, 3.05) is 0 Å². The molecule has 1 nitrogen and oxygen atoms in total. The molecule has 1 heteroatoms. The third-order valence-corrected chi connectivity index (χ3v) is 4.12. The second-order valence-electron chi connectivity index (χ2n) is 5.50. The molecule has 14 heavy (non-hydrogen) atoms. The molecule has 2 saturated carbocycles. The fourth-order valence-corrected chi connectivity index (χ4v) is 2.89. The highest BCUT2D eigenvalue weighted by molar-refractivity contribution is 5.83. The Labute approximate surface area is 87.3 Å². The van der Waals surface area contributed by atoms with Crippen molar-refractivity contribution >= 4 is 5.78 Å². The first-order valence-corrected chi connectivity index (χ1v) is 6.22. The molecule has 0 aromatic heterocycles. The Bertz CT molecular complexity index is 217. The van der Waals surface area contributed by atoms with Gasteiger partial charge in [0.05, 0.1) is 0 Å². The summed E-state index contributed by atoms with van der Waals surface area (Å²) in [6, 6.07) is 0. The number of carbonyl (C=O) groups is 1. The number of hydrogen-bond donors (Lipinski definition) is 0. The van der Waals surface area contributed by atoms with Gasteiger partial charge in [-0.3, -0.25) is 4.79 Å². The van der Waals surface area contributed by atoms with Crippen LogP contribution in [-0.4, -0.2) is 5.78 Å². The van der Waals surface area contributed by atoms with E-state index in [9.17, 15) is 4.79 Å². The lowest BCUT2D eigenvalue weighted by atomic mass is 9.77. The van der Waals surface area contributed by atoms with E-state index in [0.29, 0.717) is 17.6 Å². The molecule has 0 amide bonds. The molecule has 0 aromatic rings. The normalized spacial score (nSPS) is 35.3. The Hall–Kier alpha value is -0.330. The standard InChI is InChI=1S/C13H22O/c1-9-4-3-5-12(8-9)13(14)10(2)11-6-7-11/h9-12H,3-8H2,1-2H3. The molecular formula is C13H22O. The molecule has 0 aromatic carbocycles. The molecule has 2 aliphatic rings. The summed E-state index contributed by atoms with van der Waals surface area (Å²) in [5, 5.41) is 0. The summed E-state index contributed by atoms with van der Waals surface area (Å²) < 4.78 is 0. The second kappa shape index (κ2) is 4.04. The third kappa shape index (κ3) is 2.18. The van der Waals surface area contributed by atoms with E-state index in [1.165, 1.54) is 32.1 Å². The van der Waals surface area contributed by atoms with Gasteiger partial charge in [-0.1, -0.05) is 26.7 Å². The van der Waals surface area contributed by atoms with E-state index in [1.54, 1.807) is 0 Å². The molecule has 2 aliphatic carbocycles. The Morgan fingerprint density at radius 2 is 1.93 bits per heavy atom. The quantitative estimate of drug-likeness (QED) is 0.672. The first-order chi connectivity index (χ1) is 6.68. The molecule has 0 N–H and O–H groups in total. The number of rotatable bonds is 3. The van der Waals surface area contributed by atoms with Gasteiger partial charge in [-0.15, -0.1) is 0 Å². The van der Waals surface area contributed by atoms with Crippen LogP contribution in [0.2, 0.25) is 0 Å². The zero-order valence-corrected chi connectivity index (χ0v) is 9.46. The van der Waals surface area contributed by atoms with Gasteiger partial charge < -0.3 is 0 Å². The summed E-state index contributed by atoms with van der Waals surface area (Å²) in [6.45, 7) is 4.44. The molecular weight excluding hydrogens is 172 g/mol. The van der Waals surface area contributed by atoms with Crippen LogP contribution in [0.3, 0.4) is 0 Å². The van der Waals surface area contributed by atoms with Crippen LogP contribution in [0.4, 0.5) is 0 Å². The third-order valence-electron chi connectivity index (χ3n) is 4.12. The monoisotopic (exact) mass is 194 g/mol. The van der Waals surface area contributed by atoms with Crippen molar-refractivity contribution in [3.8, 4) is 0 Å². The molecule has 2 rings (SSSR count). The lowest BCUT2D eigenvalue weighted by molar-refractivity contribution is -0.128. The van der Waals surface area contributed by atoms with Crippen LogP contribution in [0, 0.1) is 23.7 Å². The molecule has 3 unspecified atom stereocenters. The van der Waals surface area contributed by atoms with Crippen LogP contribution in [0.1, 0.15) is 52.4 Å². The van der Waals surface area contributed by atoms with E-state index in [4.69, 9.17) is 0 Å². The largest absolute Gasteiger partial charge is 0.299 e. The molecule has 0 heterocycles. The molecule has 0 saturated heterocycles. The van der Waals surface area contributed by atoms with Crippen LogP contribution in [0.25, 0.3) is 0 Å². The summed E-state index contributed by atoms with van der Waals surface area (Å²) in [5.41, 5.74) is 0. The van der Waals surface area contributed by atoms with Crippen molar-refractivity contribution in [2.45, 2.75) is 52.4 Å². The second-order valence-corrected chi connectivity index (χ2v) is 5.50. The molecule has 3 atom stereocenters. The number of carbonyl (C=O) groups excluding carboxylic acids is 1. The fourth-order valence-electron chi connectivity index (χ4n) is 2.89. The van der Waals surface area contributed by atoms with E-state index in [-0.39, 0.29) is 0 Å². The van der Waals surface area contributed by atoms with Crippen molar-refractivity contribution in [2.24, 2.45) is 23.7 Å². The molecule has 0 spiro atoms. The first kappa shape index (κ1) is 10.2. The van der Waals surface area contributed by atoms with Crippen LogP contribution in [0.15, 0.2) is 0 Å². The van der Waals surface area contributed by atoms with E-state index < -0.39 is 0 Å². The van der Waals surface area contributed by atoms with Crippen LogP contribution >= 0.6 is 0 Å². The van der Waals surface area contributed by atoms with Crippen LogP contribution < -0.4 is 0 Å². The minimum atomic E-state index is 0.366. The smallest absolute Gasteiger partial charge is 0.139 e. The average molecular weight is 194 g/mol. The highest BCUT2D eigenvalue weighted by atomic mass is 16.1. The Kier molecular flexibility index (Phi) is 2.94. The average Bonchev–Trinajstić information content (AvgIpc) is 2.99. The van der Waals surface area contributed by atoms with Crippen molar-refractivity contribution < 1.29 is 4.79 Å². The molecule has 2 fully saturated rings. The van der Waals surface area contributed by atoms with Crippen LogP contribution in [0.5, 0.6) is 0 Å². The van der Waals surface area contributed by atoms with E-state index in [2.05, 4.69) is 13.8 Å². The minimum absolute atomic E-state index is 0.366. The van der Waals surface area contributed by atoms with Gasteiger partial charge >= 0.3 is 0 Å². The molecule has 0 bridgehead atoms. The van der Waals surface area contributed by atoms with Gasteiger partial charge in [0.25, 0.3) is 0 Å². The SMILES string of the molecule is CC1CCCC(C(=O)C(C)C2CC2)C1. The van der Waals surface area contributed by atoms with Gasteiger partial charge in [0.15, 0.2) is 0 Å². The highest BCUT2D eigenvalue weighted by Crippen LogP contribution is 2.40. The van der Waals surface area contributed by atoms with E-state index >= 15 is 0 Å². The summed E-state index contributed by atoms with van der Waals surface area (Å²) >= 11 is 0. The molecule has 80 valence electrons. The number of Topliss-reactive ketones (excluding diaryl/α,β-unsaturated/α-hetero) is 1. The van der Waals surface area contributed by atoms with Gasteiger partial charge in [-0.05, 0) is 37.5 Å². The number of hydrogen-bond acceptors (Lipinski definition) is 1. The molecule has 0 radical (unpaired) electrons. The summed E-state index contributed by atoms with van der Waals surface area (Å²) in [6.07, 6.45) is 7.54. The maximum absolute atomic E-state index is 12.1. The zero-order valence-electron chi connectivity index (χ0n) is 9.46. The maximum Gasteiger partial charge on any atom is 0.139 e. The zero-order chi connectivity index (χ0) is 10.1. The van der Waals surface area contributed by atoms with Crippen molar-refractivity contribution in [3.63, 3.8) is 0 Å². The van der Waals surface area contributed by atoms with Crippen molar-refractivity contribution in [3.05, 3.63) is 0 Å². The summed E-state index contributed by atoms with van der Waals surface area (Å²) in [5.74, 6) is 2.89. The van der Waals surface area contributed by atoms with Gasteiger partial charge in [0.1, 0.15) is 5.78 Å². The summed E-state index contributed by atoms with van der Waals surface area (Å²) in [4.78, 5) is 12.1. The fraction of sp³-hybridized carbons (Fsp3) is 0.923.